The van der Waals surface area contributed by atoms with E-state index in [-0.39, 0.29) is 40.2 Å². The molecule has 9 atom stereocenters. The number of allylic oxidation sites excluding steroid dienone is 2. The number of rotatable bonds is 4. The van der Waals surface area contributed by atoms with Crippen LogP contribution in [0.15, 0.2) is 42.1 Å². The molecule has 6 nitrogen and oxygen atoms in total. The van der Waals surface area contributed by atoms with Gasteiger partial charge in [0.05, 0.1) is 17.3 Å². The van der Waals surface area contributed by atoms with Crippen LogP contribution in [0, 0.1) is 56.7 Å². The molecule has 2 aromatic rings. The maximum Gasteiger partial charge on any atom is 0.313 e. The van der Waals surface area contributed by atoms with E-state index in [1.807, 2.05) is 30.5 Å². The molecule has 5 aliphatic rings. The molecule has 0 saturated heterocycles. The minimum absolute atomic E-state index is 0.0243. The van der Waals surface area contributed by atoms with Gasteiger partial charge in [0.2, 0.25) is 0 Å². The summed E-state index contributed by atoms with van der Waals surface area (Å²) < 4.78 is 7.90. The van der Waals surface area contributed by atoms with Crippen LogP contribution in [-0.4, -0.2) is 26.7 Å². The summed E-state index contributed by atoms with van der Waals surface area (Å²) in [7, 11) is 0. The van der Waals surface area contributed by atoms with Crippen LogP contribution < -0.4 is 0 Å². The number of Topliss-reactive ketones (excluding diaryl/α,β-unsaturated/α-hetero) is 1. The molecule has 0 amide bonds. The smallest absolute Gasteiger partial charge is 0.313 e. The molecule has 0 N–H and O–H groups in total. The SMILES string of the molecule is C[C@H]1[C@H](C)CC[C@]2(C(=O)OCc3cn(-c4ccc(Cl)cc4)nn3)CC[C@]3(C)C(=CC[C@@H]4[C@@]5(C)CCC(=O)C(C)(C)[C@@H]5CC[C@]43C)[C@H]12. The standard InChI is InChI=1S/C39H52ClN3O3/c1-24-14-19-39(34(45)46-23-27-22-43(42-41-27)28-10-8-26(40)9-11-28)21-20-37(6)29(33(39)25(24)2)12-13-31-36(5)17-16-32(44)35(3,4)30(36)15-18-38(31,37)7/h8-12,22,24-25,30-31,33H,13-21,23H2,1-7H3/t24-,25+,30+,31-,33+,36+,37-,38-,39+/m1/s1. The largest absolute Gasteiger partial charge is 0.459 e. The zero-order valence-electron chi connectivity index (χ0n) is 28.9. The number of halogens is 1. The molecule has 4 fully saturated rings. The normalized spacial score (nSPS) is 41.3. The zero-order chi connectivity index (χ0) is 32.9. The molecule has 0 radical (unpaired) electrons. The predicted octanol–water partition coefficient (Wildman–Crippen LogP) is 9.19. The lowest BCUT2D eigenvalue weighted by atomic mass is 9.33. The van der Waals surface area contributed by atoms with Crippen LogP contribution in [-0.2, 0) is 20.9 Å². The highest BCUT2D eigenvalue weighted by Crippen LogP contribution is 2.75. The maximum atomic E-state index is 14.4. The number of hydrogen-bond donors (Lipinski definition) is 0. The van der Waals surface area contributed by atoms with E-state index in [1.54, 1.807) is 4.68 Å². The van der Waals surface area contributed by atoms with Crippen molar-refractivity contribution < 1.29 is 14.3 Å². The number of fused-ring (bicyclic) bond motifs is 7. The number of ketones is 1. The van der Waals surface area contributed by atoms with Crippen molar-refractivity contribution in [1.29, 1.82) is 0 Å². The maximum absolute atomic E-state index is 14.4. The molecule has 46 heavy (non-hydrogen) atoms. The molecular weight excluding hydrogens is 594 g/mol. The van der Waals surface area contributed by atoms with Gasteiger partial charge >= 0.3 is 5.97 Å². The highest BCUT2D eigenvalue weighted by atomic mass is 35.5. The number of aromatic nitrogens is 3. The number of hydrogen-bond acceptors (Lipinski definition) is 5. The average molecular weight is 646 g/mol. The van der Waals surface area contributed by atoms with Crippen molar-refractivity contribution in [2.75, 3.05) is 0 Å². The van der Waals surface area contributed by atoms with Crippen molar-refractivity contribution in [1.82, 2.24) is 15.0 Å². The van der Waals surface area contributed by atoms with Crippen LogP contribution in [0.1, 0.15) is 112 Å². The van der Waals surface area contributed by atoms with E-state index in [2.05, 4.69) is 64.9 Å². The molecular formula is C39H52ClN3O3. The highest BCUT2D eigenvalue weighted by molar-refractivity contribution is 6.30. The number of esters is 1. The van der Waals surface area contributed by atoms with Gasteiger partial charge in [0, 0.05) is 16.9 Å². The lowest BCUT2D eigenvalue weighted by molar-refractivity contribution is -0.193. The van der Waals surface area contributed by atoms with Gasteiger partial charge in [0.15, 0.2) is 0 Å². The first-order valence-electron chi connectivity index (χ1n) is 17.8. The first-order valence-corrected chi connectivity index (χ1v) is 18.1. The summed E-state index contributed by atoms with van der Waals surface area (Å²) >= 11 is 6.06. The van der Waals surface area contributed by atoms with Crippen LogP contribution in [0.3, 0.4) is 0 Å². The Balaban J connectivity index is 1.18. The van der Waals surface area contributed by atoms with E-state index >= 15 is 0 Å². The van der Waals surface area contributed by atoms with Crippen molar-refractivity contribution in [2.24, 2.45) is 56.7 Å². The van der Waals surface area contributed by atoms with Crippen LogP contribution in [0.2, 0.25) is 5.02 Å². The van der Waals surface area contributed by atoms with Gasteiger partial charge in [-0.15, -0.1) is 5.10 Å². The third kappa shape index (κ3) is 4.40. The van der Waals surface area contributed by atoms with Crippen LogP contribution in [0.4, 0.5) is 0 Å². The molecule has 4 saturated carbocycles. The summed E-state index contributed by atoms with van der Waals surface area (Å²) in [5.74, 6) is 2.50. The molecule has 7 heteroatoms. The topological polar surface area (TPSA) is 74.1 Å². The van der Waals surface area contributed by atoms with E-state index < -0.39 is 5.41 Å². The molecule has 248 valence electrons. The monoisotopic (exact) mass is 645 g/mol. The van der Waals surface area contributed by atoms with E-state index in [0.717, 1.165) is 57.1 Å². The number of carbonyl (C=O) groups is 2. The van der Waals surface area contributed by atoms with Gasteiger partial charge < -0.3 is 4.74 Å². The number of benzene rings is 1. The Bertz CT molecular complexity index is 1580. The molecule has 5 aliphatic carbocycles. The minimum atomic E-state index is -0.507. The highest BCUT2D eigenvalue weighted by Gasteiger charge is 2.69. The summed E-state index contributed by atoms with van der Waals surface area (Å²) in [4.78, 5) is 27.5. The van der Waals surface area contributed by atoms with Gasteiger partial charge in [-0.1, -0.05) is 76.9 Å². The Kier molecular flexibility index (Phi) is 7.51. The van der Waals surface area contributed by atoms with Crippen molar-refractivity contribution in [3.8, 4) is 5.69 Å². The average Bonchev–Trinajstić information content (AvgIpc) is 3.49. The van der Waals surface area contributed by atoms with Crippen molar-refractivity contribution in [3.05, 3.63) is 52.8 Å². The van der Waals surface area contributed by atoms with E-state index in [0.29, 0.717) is 46.6 Å². The summed E-state index contributed by atoms with van der Waals surface area (Å²) in [6, 6.07) is 7.44. The van der Waals surface area contributed by atoms with Gasteiger partial charge in [-0.25, -0.2) is 4.68 Å². The Morgan fingerprint density at radius 3 is 2.46 bits per heavy atom. The lowest BCUT2D eigenvalue weighted by Gasteiger charge is -2.70. The minimum Gasteiger partial charge on any atom is -0.459 e. The fraction of sp³-hybridized carbons (Fsp3) is 0.692. The van der Waals surface area contributed by atoms with Crippen molar-refractivity contribution >= 4 is 23.4 Å². The molecule has 0 unspecified atom stereocenters. The zero-order valence-corrected chi connectivity index (χ0v) is 29.6. The third-order valence-corrected chi connectivity index (χ3v) is 15.4. The second-order valence-corrected chi connectivity index (χ2v) is 17.6. The number of carbonyl (C=O) groups excluding carboxylic acids is 2. The van der Waals surface area contributed by atoms with E-state index in [4.69, 9.17) is 16.3 Å². The fourth-order valence-electron chi connectivity index (χ4n) is 12.0. The second-order valence-electron chi connectivity index (χ2n) is 17.2. The van der Waals surface area contributed by atoms with E-state index in [9.17, 15) is 9.59 Å². The van der Waals surface area contributed by atoms with Crippen molar-refractivity contribution in [3.63, 3.8) is 0 Å². The fourth-order valence-corrected chi connectivity index (χ4v) is 12.1. The van der Waals surface area contributed by atoms with E-state index in [1.165, 1.54) is 5.57 Å². The summed E-state index contributed by atoms with van der Waals surface area (Å²) in [5.41, 5.74) is 2.59. The van der Waals surface area contributed by atoms with Crippen LogP contribution >= 0.6 is 11.6 Å². The van der Waals surface area contributed by atoms with Crippen LogP contribution in [0.5, 0.6) is 0 Å². The molecule has 0 bridgehead atoms. The molecule has 1 heterocycles. The Hall–Kier alpha value is -2.47. The Morgan fingerprint density at radius 2 is 1.72 bits per heavy atom. The van der Waals surface area contributed by atoms with Gasteiger partial charge in [0.25, 0.3) is 0 Å². The van der Waals surface area contributed by atoms with Gasteiger partial charge in [-0.05, 0) is 121 Å². The quantitative estimate of drug-likeness (QED) is 0.245. The summed E-state index contributed by atoms with van der Waals surface area (Å²) in [6.07, 6.45) is 13.3. The molecule has 0 aliphatic heterocycles. The summed E-state index contributed by atoms with van der Waals surface area (Å²) in [5, 5.41) is 9.25. The van der Waals surface area contributed by atoms with Gasteiger partial charge in [-0.2, -0.15) is 0 Å². The third-order valence-electron chi connectivity index (χ3n) is 15.1. The first kappa shape index (κ1) is 32.1. The van der Waals surface area contributed by atoms with Gasteiger partial charge in [-0.3, -0.25) is 9.59 Å². The van der Waals surface area contributed by atoms with Crippen molar-refractivity contribution in [2.45, 2.75) is 113 Å². The number of ether oxygens (including phenoxy) is 1. The molecule has 1 aromatic carbocycles. The number of nitrogens with zero attached hydrogens (tertiary/aromatic N) is 3. The Labute approximate surface area is 280 Å². The first-order chi connectivity index (χ1) is 21.7. The predicted molar refractivity (Wildman–Crippen MR) is 180 cm³/mol. The van der Waals surface area contributed by atoms with Crippen LogP contribution in [0.25, 0.3) is 5.69 Å². The lowest BCUT2D eigenvalue weighted by Crippen LogP contribution is -2.65. The molecule has 0 spiro atoms. The second kappa shape index (κ2) is 10.8. The molecule has 1 aromatic heterocycles. The Morgan fingerprint density at radius 1 is 0.978 bits per heavy atom. The summed E-state index contributed by atoms with van der Waals surface area (Å²) in [6.45, 7) is 17.0. The molecule has 7 rings (SSSR count). The van der Waals surface area contributed by atoms with Gasteiger partial charge in [0.1, 0.15) is 18.1 Å².